The Bertz CT molecular complexity index is 424. The Labute approximate surface area is 179 Å². The summed E-state index contributed by atoms with van der Waals surface area (Å²) in [6.45, 7) is 7.06. The first-order valence-electron chi connectivity index (χ1n) is 11.4. The second-order valence-corrected chi connectivity index (χ2v) is 10.4. The molecule has 158 valence electrons. The topological polar surface area (TPSA) is 0 Å². The third kappa shape index (κ3) is 14.6. The zero-order valence-electron chi connectivity index (χ0n) is 18.3. The molecule has 2 unspecified atom stereocenters. The maximum atomic E-state index is 3.09. The molecule has 0 aliphatic heterocycles. The molecule has 0 radical (unpaired) electrons. The highest BCUT2D eigenvalue weighted by Crippen LogP contribution is 2.34. The highest BCUT2D eigenvalue weighted by atomic mass is 35.5. The summed E-state index contributed by atoms with van der Waals surface area (Å²) in [5, 5.41) is 0.327. The van der Waals surface area contributed by atoms with Crippen molar-refractivity contribution in [3.8, 4) is 0 Å². The molecule has 0 fully saturated rings. The van der Waals surface area contributed by atoms with Gasteiger partial charge in [-0.3, -0.25) is 0 Å². The fraction of sp³-hybridized carbons (Fsp3) is 0.760. The van der Waals surface area contributed by atoms with Crippen LogP contribution in [0.1, 0.15) is 110 Å². The Balaban J connectivity index is 0.00000676. The van der Waals surface area contributed by atoms with Crippen LogP contribution in [-0.4, -0.2) is 5.16 Å². The molecule has 2 atom stereocenters. The average molecular weight is 413 g/mol. The number of hydrogen-bond acceptors (Lipinski definition) is 0. The maximum absolute atomic E-state index is 3.09. The van der Waals surface area contributed by atoms with Gasteiger partial charge in [-0.25, -0.2) is 0 Å². The van der Waals surface area contributed by atoms with E-state index < -0.39 is 0 Å². The van der Waals surface area contributed by atoms with Crippen LogP contribution in [0.4, 0.5) is 0 Å². The normalized spacial score (nSPS) is 12.6. The minimum atomic E-state index is 0. The van der Waals surface area contributed by atoms with Crippen molar-refractivity contribution in [3.05, 3.63) is 35.9 Å². The van der Waals surface area contributed by atoms with Crippen LogP contribution in [0.3, 0.4) is 0 Å². The Kier molecular flexibility index (Phi) is 16.8. The van der Waals surface area contributed by atoms with Crippen LogP contribution in [0, 0.1) is 5.92 Å². The number of unbranched alkanes of at least 4 members (excludes halogenated alkanes) is 11. The average Bonchev–Trinajstić information content (AvgIpc) is 2.61. The SMILES string of the molecule is CCCCCCCCCCCCCCC(Cc1ccccc1)C(C)(C)P.Cl. The summed E-state index contributed by atoms with van der Waals surface area (Å²) in [7, 11) is 3.09. The number of hydrogen-bond donors (Lipinski definition) is 0. The van der Waals surface area contributed by atoms with Crippen molar-refractivity contribution in [1.29, 1.82) is 0 Å². The van der Waals surface area contributed by atoms with Gasteiger partial charge in [0, 0.05) is 0 Å². The lowest BCUT2D eigenvalue weighted by molar-refractivity contribution is 0.373. The molecule has 0 N–H and O–H groups in total. The summed E-state index contributed by atoms with van der Waals surface area (Å²) in [6.07, 6.45) is 19.8. The third-order valence-electron chi connectivity index (χ3n) is 5.78. The van der Waals surface area contributed by atoms with E-state index in [1.807, 2.05) is 0 Å². The van der Waals surface area contributed by atoms with Crippen molar-refractivity contribution in [3.63, 3.8) is 0 Å². The number of benzene rings is 1. The predicted octanol–water partition coefficient (Wildman–Crippen LogP) is 9.01. The molecule has 1 aromatic rings. The van der Waals surface area contributed by atoms with Gasteiger partial charge in [-0.1, -0.05) is 128 Å². The van der Waals surface area contributed by atoms with Gasteiger partial charge < -0.3 is 0 Å². The maximum Gasteiger partial charge on any atom is -0.0175 e. The molecular formula is C25H46ClP. The van der Waals surface area contributed by atoms with Crippen LogP contribution < -0.4 is 0 Å². The van der Waals surface area contributed by atoms with Gasteiger partial charge in [-0.2, -0.15) is 0 Å². The van der Waals surface area contributed by atoms with Gasteiger partial charge in [0.1, 0.15) is 0 Å². The summed E-state index contributed by atoms with van der Waals surface area (Å²) >= 11 is 0. The zero-order valence-corrected chi connectivity index (χ0v) is 20.3. The van der Waals surface area contributed by atoms with E-state index in [4.69, 9.17) is 0 Å². The number of rotatable bonds is 16. The summed E-state index contributed by atoms with van der Waals surface area (Å²) in [5.74, 6) is 0.762. The van der Waals surface area contributed by atoms with Crippen molar-refractivity contribution in [2.75, 3.05) is 0 Å². The Morgan fingerprint density at radius 1 is 0.741 bits per heavy atom. The first kappa shape index (κ1) is 26.9. The molecule has 27 heavy (non-hydrogen) atoms. The fourth-order valence-corrected chi connectivity index (χ4v) is 4.15. The molecule has 0 aliphatic rings. The van der Waals surface area contributed by atoms with E-state index in [0.717, 1.165) is 5.92 Å². The molecule has 0 saturated heterocycles. The second kappa shape index (κ2) is 16.9. The minimum Gasteiger partial charge on any atom is -0.147 e. The third-order valence-corrected chi connectivity index (χ3v) is 6.25. The molecular weight excluding hydrogens is 367 g/mol. The van der Waals surface area contributed by atoms with Crippen LogP contribution in [0.5, 0.6) is 0 Å². The highest BCUT2D eigenvalue weighted by Gasteiger charge is 2.24. The molecule has 0 heterocycles. The second-order valence-electron chi connectivity index (χ2n) is 8.89. The van der Waals surface area contributed by atoms with Gasteiger partial charge in [0.25, 0.3) is 0 Å². The largest absolute Gasteiger partial charge is 0.147 e. The molecule has 0 bridgehead atoms. The van der Waals surface area contributed by atoms with E-state index in [1.54, 1.807) is 0 Å². The van der Waals surface area contributed by atoms with E-state index in [2.05, 4.69) is 60.3 Å². The van der Waals surface area contributed by atoms with Gasteiger partial charge in [0.15, 0.2) is 0 Å². The molecule has 0 aromatic heterocycles. The minimum absolute atomic E-state index is 0. The first-order valence-corrected chi connectivity index (χ1v) is 11.9. The molecule has 0 saturated carbocycles. The summed E-state index contributed by atoms with van der Waals surface area (Å²) in [5.41, 5.74) is 1.49. The zero-order chi connectivity index (χ0) is 19.1. The van der Waals surface area contributed by atoms with E-state index in [0.29, 0.717) is 5.16 Å². The van der Waals surface area contributed by atoms with Gasteiger partial charge >= 0.3 is 0 Å². The summed E-state index contributed by atoms with van der Waals surface area (Å²) in [4.78, 5) is 0. The standard InChI is InChI=1S/C25H45P.ClH/c1-4-5-6-7-8-9-10-11-12-13-14-18-21-24(25(2,3)26)22-23-19-16-15-17-20-23;/h15-17,19-20,24H,4-14,18,21-22,26H2,1-3H3;1H. The van der Waals surface area contributed by atoms with Gasteiger partial charge in [-0.05, 0) is 29.5 Å². The quantitative estimate of drug-likeness (QED) is 0.187. The molecule has 0 amide bonds. The van der Waals surface area contributed by atoms with Gasteiger partial charge in [0.2, 0.25) is 0 Å². The van der Waals surface area contributed by atoms with Crippen molar-refractivity contribution < 1.29 is 0 Å². The van der Waals surface area contributed by atoms with Crippen LogP contribution in [0.25, 0.3) is 0 Å². The smallest absolute Gasteiger partial charge is 0.0175 e. The van der Waals surface area contributed by atoms with Gasteiger partial charge in [-0.15, -0.1) is 21.6 Å². The van der Waals surface area contributed by atoms with Crippen molar-refractivity contribution >= 4 is 21.6 Å². The van der Waals surface area contributed by atoms with Crippen molar-refractivity contribution in [1.82, 2.24) is 0 Å². The number of halogens is 1. The molecule has 0 nitrogen and oxygen atoms in total. The predicted molar refractivity (Wildman–Crippen MR) is 130 cm³/mol. The lowest BCUT2D eigenvalue weighted by Gasteiger charge is -2.31. The van der Waals surface area contributed by atoms with Crippen molar-refractivity contribution in [2.24, 2.45) is 5.92 Å². The van der Waals surface area contributed by atoms with Crippen molar-refractivity contribution in [2.45, 2.75) is 116 Å². The molecule has 1 aromatic carbocycles. The highest BCUT2D eigenvalue weighted by molar-refractivity contribution is 7.18. The summed E-state index contributed by atoms with van der Waals surface area (Å²) in [6, 6.07) is 11.0. The molecule has 0 spiro atoms. The summed E-state index contributed by atoms with van der Waals surface area (Å²) < 4.78 is 0. The van der Waals surface area contributed by atoms with E-state index in [1.165, 1.54) is 95.5 Å². The van der Waals surface area contributed by atoms with Gasteiger partial charge in [0.05, 0.1) is 0 Å². The van der Waals surface area contributed by atoms with Crippen LogP contribution in [0.2, 0.25) is 0 Å². The fourth-order valence-electron chi connectivity index (χ4n) is 3.87. The van der Waals surface area contributed by atoms with Crippen LogP contribution in [0.15, 0.2) is 30.3 Å². The Hall–Kier alpha value is -0.0600. The van der Waals surface area contributed by atoms with E-state index in [9.17, 15) is 0 Å². The monoisotopic (exact) mass is 412 g/mol. The molecule has 2 heteroatoms. The van der Waals surface area contributed by atoms with Crippen LogP contribution >= 0.6 is 21.6 Å². The molecule has 1 rings (SSSR count). The lowest BCUT2D eigenvalue weighted by Crippen LogP contribution is -2.26. The molecule has 0 aliphatic carbocycles. The van der Waals surface area contributed by atoms with Crippen LogP contribution in [-0.2, 0) is 6.42 Å². The Morgan fingerprint density at radius 3 is 1.63 bits per heavy atom. The van der Waals surface area contributed by atoms with E-state index in [-0.39, 0.29) is 12.4 Å². The Morgan fingerprint density at radius 2 is 1.19 bits per heavy atom. The van der Waals surface area contributed by atoms with E-state index >= 15 is 0 Å². The first-order chi connectivity index (χ1) is 12.5. The lowest BCUT2D eigenvalue weighted by atomic mass is 9.84.